The van der Waals surface area contributed by atoms with Crippen molar-refractivity contribution in [1.82, 2.24) is 15.4 Å². The molecule has 1 fully saturated rings. The van der Waals surface area contributed by atoms with Crippen LogP contribution in [0, 0.1) is 17.2 Å². The molecular formula is C35H50N4O11S2. The van der Waals surface area contributed by atoms with Gasteiger partial charge in [0.2, 0.25) is 11.8 Å². The van der Waals surface area contributed by atoms with Crippen molar-refractivity contribution in [1.29, 1.82) is 5.26 Å². The predicted octanol–water partition coefficient (Wildman–Crippen LogP) is 4.92. The van der Waals surface area contributed by atoms with E-state index in [1.54, 1.807) is 52.0 Å². The summed E-state index contributed by atoms with van der Waals surface area (Å²) in [5.41, 5.74) is 1.21. The van der Waals surface area contributed by atoms with Crippen LogP contribution < -0.4 is 10.1 Å². The molecule has 0 aliphatic carbocycles. The summed E-state index contributed by atoms with van der Waals surface area (Å²) in [5, 5.41) is 16.1. The average Bonchev–Trinajstić information content (AvgIpc) is 3.70. The number of amides is 2. The fourth-order valence-electron chi connectivity index (χ4n) is 5.59. The lowest BCUT2D eigenvalue weighted by molar-refractivity contribution is -0.153. The van der Waals surface area contributed by atoms with Crippen molar-refractivity contribution in [2.24, 2.45) is 5.92 Å². The van der Waals surface area contributed by atoms with E-state index in [-0.39, 0.29) is 37.1 Å². The molecule has 52 heavy (non-hydrogen) atoms. The molecule has 1 aromatic carbocycles. The minimum absolute atomic E-state index is 0.0333. The van der Waals surface area contributed by atoms with Crippen molar-refractivity contribution in [3.05, 3.63) is 47.2 Å². The average molecular weight is 767 g/mol. The van der Waals surface area contributed by atoms with Gasteiger partial charge in [-0.3, -0.25) is 9.59 Å². The molecule has 15 nitrogen and oxygen atoms in total. The van der Waals surface area contributed by atoms with Crippen LogP contribution in [-0.2, 0) is 37.4 Å². The number of aromatic nitrogens is 1. The topological polar surface area (TPSA) is 197 Å². The first-order valence-electron chi connectivity index (χ1n) is 17.1. The molecule has 2 aromatic rings. The highest BCUT2D eigenvalue weighted by molar-refractivity contribution is 8.72. The van der Waals surface area contributed by atoms with Crippen LogP contribution in [0.1, 0.15) is 90.7 Å². The van der Waals surface area contributed by atoms with E-state index in [4.69, 9.17) is 33.5 Å². The summed E-state index contributed by atoms with van der Waals surface area (Å²) in [5.74, 6) is -1.79. The fraction of sp³-hybridized carbons (Fsp3) is 0.629. The highest BCUT2D eigenvalue weighted by atomic mass is 33.1. The lowest BCUT2D eigenvalue weighted by Gasteiger charge is -2.29. The normalized spacial score (nSPS) is 18.1. The van der Waals surface area contributed by atoms with Gasteiger partial charge in [0.1, 0.15) is 30.8 Å². The monoisotopic (exact) mass is 766 g/mol. The number of nitrogens with zero attached hydrogens (tertiary/aromatic N) is 3. The summed E-state index contributed by atoms with van der Waals surface area (Å²) in [6, 6.07) is 8.81. The minimum atomic E-state index is -3.45. The Labute approximate surface area is 309 Å². The summed E-state index contributed by atoms with van der Waals surface area (Å²) in [4.78, 5) is 42.5. The van der Waals surface area contributed by atoms with E-state index in [1.807, 2.05) is 27.7 Å². The smallest absolute Gasteiger partial charge is 0.470 e. The Balaban J connectivity index is 1.84. The van der Waals surface area contributed by atoms with E-state index in [9.17, 15) is 22.8 Å². The second-order valence-corrected chi connectivity index (χ2v) is 18.2. The fourth-order valence-corrected chi connectivity index (χ4v) is 9.30. The third-order valence-electron chi connectivity index (χ3n) is 8.45. The van der Waals surface area contributed by atoms with Gasteiger partial charge in [0, 0.05) is 32.0 Å². The van der Waals surface area contributed by atoms with Crippen molar-refractivity contribution in [2.75, 3.05) is 32.6 Å². The summed E-state index contributed by atoms with van der Waals surface area (Å²) in [6.07, 6.45) is -2.44. The molecule has 1 saturated heterocycles. The molecule has 2 amide bonds. The van der Waals surface area contributed by atoms with Crippen LogP contribution in [0.25, 0.3) is 0 Å². The maximum atomic E-state index is 14.4. The minimum Gasteiger partial charge on any atom is -0.470 e. The van der Waals surface area contributed by atoms with Crippen molar-refractivity contribution in [3.63, 3.8) is 0 Å². The Kier molecular flexibility index (Phi) is 15.4. The largest absolute Gasteiger partial charge is 0.508 e. The highest BCUT2D eigenvalue weighted by Gasteiger charge is 2.46. The van der Waals surface area contributed by atoms with E-state index in [0.29, 0.717) is 29.6 Å². The van der Waals surface area contributed by atoms with Gasteiger partial charge in [-0.15, -0.1) is 0 Å². The molecule has 288 valence electrons. The van der Waals surface area contributed by atoms with E-state index in [0.717, 1.165) is 11.8 Å². The molecule has 2 heterocycles. The van der Waals surface area contributed by atoms with Crippen LogP contribution in [0.5, 0.6) is 5.88 Å². The first-order chi connectivity index (χ1) is 24.4. The molecule has 0 radical (unpaired) electrons. The van der Waals surface area contributed by atoms with Gasteiger partial charge in [0.05, 0.1) is 29.0 Å². The molecule has 0 saturated carbocycles. The summed E-state index contributed by atoms with van der Waals surface area (Å²) in [6.45, 7) is 14.7. The predicted molar refractivity (Wildman–Crippen MR) is 192 cm³/mol. The van der Waals surface area contributed by atoms with Gasteiger partial charge in [-0.05, 0) is 81.1 Å². The number of carbonyl (C=O) groups excluding carboxylic acids is 3. The van der Waals surface area contributed by atoms with E-state index in [2.05, 4.69) is 16.5 Å². The van der Waals surface area contributed by atoms with Crippen LogP contribution in [0.3, 0.4) is 0 Å². The van der Waals surface area contributed by atoms with E-state index >= 15 is 0 Å². The van der Waals surface area contributed by atoms with Crippen LogP contribution in [0.15, 0.2) is 34.9 Å². The zero-order valence-electron chi connectivity index (χ0n) is 31.1. The van der Waals surface area contributed by atoms with Crippen molar-refractivity contribution in [3.8, 4) is 11.9 Å². The molecule has 1 aliphatic heterocycles. The summed E-state index contributed by atoms with van der Waals surface area (Å²) in [7, 11) is -2.79. The molecule has 0 spiro atoms. The molecule has 17 heteroatoms. The van der Waals surface area contributed by atoms with Gasteiger partial charge in [-0.2, -0.15) is 5.26 Å². The summed E-state index contributed by atoms with van der Waals surface area (Å²) < 4.78 is 56.2. The first kappa shape index (κ1) is 42.6. The van der Waals surface area contributed by atoms with Crippen LogP contribution >= 0.6 is 10.8 Å². The van der Waals surface area contributed by atoms with Crippen molar-refractivity contribution < 1.29 is 51.0 Å². The quantitative estimate of drug-likeness (QED) is 0.122. The molecule has 5 atom stereocenters. The maximum absolute atomic E-state index is 14.4. The number of rotatable bonds is 18. The lowest BCUT2D eigenvalue weighted by atomic mass is 9.91. The Bertz CT molecular complexity index is 1650. The molecule has 0 bridgehead atoms. The lowest BCUT2D eigenvalue weighted by Crippen LogP contribution is -2.48. The van der Waals surface area contributed by atoms with Crippen LogP contribution in [-0.4, -0.2) is 98.4 Å². The zero-order chi connectivity index (χ0) is 38.8. The second kappa shape index (κ2) is 18.8. The highest BCUT2D eigenvalue weighted by Crippen LogP contribution is 2.35. The molecule has 1 aliphatic rings. The maximum Gasteiger partial charge on any atom is 0.508 e. The van der Waals surface area contributed by atoms with Crippen molar-refractivity contribution in [2.45, 2.75) is 103 Å². The SMILES string of the molecule is CCOC(COc1cc(C(C(=O)N2C[C@H](OC(=O)OC(C)C(C)(C)SS(C)(=O)=O)C[C@H]2C(=O)NC(C)c2ccc(C#N)cc2)C(C)C)on1)OCC. The molecule has 1 aromatic heterocycles. The number of ether oxygens (including phenoxy) is 5. The Morgan fingerprint density at radius 2 is 1.75 bits per heavy atom. The number of hydrogen-bond acceptors (Lipinski definition) is 14. The van der Waals surface area contributed by atoms with Crippen molar-refractivity contribution >= 4 is 37.6 Å². The van der Waals surface area contributed by atoms with Gasteiger partial charge >= 0.3 is 6.16 Å². The third kappa shape index (κ3) is 12.1. The third-order valence-corrected chi connectivity index (χ3v) is 11.7. The molecule has 1 N–H and O–H groups in total. The Morgan fingerprint density at radius 3 is 2.31 bits per heavy atom. The van der Waals surface area contributed by atoms with Gasteiger partial charge in [-0.1, -0.05) is 26.0 Å². The van der Waals surface area contributed by atoms with E-state index < -0.39 is 68.1 Å². The van der Waals surface area contributed by atoms with Gasteiger partial charge in [0.15, 0.2) is 20.9 Å². The Hall–Kier alpha value is -3.85. The molecule has 3 rings (SSSR count). The number of likely N-dealkylation sites (tertiary alicyclic amines) is 1. The number of nitrogens with one attached hydrogen (secondary N) is 1. The van der Waals surface area contributed by atoms with E-state index in [1.165, 1.54) is 11.0 Å². The summed E-state index contributed by atoms with van der Waals surface area (Å²) >= 11 is 0. The number of hydrogen-bond donors (Lipinski definition) is 1. The zero-order valence-corrected chi connectivity index (χ0v) is 32.7. The standard InChI is InChI=1S/C35H50N4O11S2/c1-10-45-30(46-11-2)20-47-29-17-28(50-38-29)31(21(3)4)33(41)39-19-26(49-34(42)48-23(6)35(7,8)51-52(9,43)44)16-27(39)32(40)37-22(5)25-14-12-24(18-36)13-15-25/h12-15,17,21-23,26-27,30-31H,10-11,16,19-20H2,1-9H3,(H,37,40)/t22?,23?,26-,27+,31?/m1/s1. The van der Waals surface area contributed by atoms with Gasteiger partial charge in [-0.25, -0.2) is 13.2 Å². The number of nitriles is 1. The molecule has 3 unspecified atom stereocenters. The van der Waals surface area contributed by atoms with Gasteiger partial charge < -0.3 is 38.4 Å². The molecular weight excluding hydrogens is 717 g/mol. The first-order valence-corrected chi connectivity index (χ1v) is 20.3. The van der Waals surface area contributed by atoms with Crippen LogP contribution in [0.2, 0.25) is 0 Å². The Morgan fingerprint density at radius 1 is 1.12 bits per heavy atom. The van der Waals surface area contributed by atoms with Crippen LogP contribution in [0.4, 0.5) is 4.79 Å². The second-order valence-electron chi connectivity index (χ2n) is 13.3. The number of benzene rings is 1. The van der Waals surface area contributed by atoms with Gasteiger partial charge in [0.25, 0.3) is 5.88 Å². The number of carbonyl (C=O) groups is 3.